The summed E-state index contributed by atoms with van der Waals surface area (Å²) in [6, 6.07) is 8.11. The van der Waals surface area contributed by atoms with Crippen molar-refractivity contribution in [2.75, 3.05) is 26.7 Å². The first-order valence-electron chi connectivity index (χ1n) is 9.02. The number of amides is 2. The van der Waals surface area contributed by atoms with Gasteiger partial charge < -0.3 is 15.3 Å². The van der Waals surface area contributed by atoms with Gasteiger partial charge >= 0.3 is 6.03 Å². The summed E-state index contributed by atoms with van der Waals surface area (Å²) in [5.74, 6) is 0. The van der Waals surface area contributed by atoms with E-state index in [4.69, 9.17) is 5.11 Å². The Morgan fingerprint density at radius 3 is 2.58 bits per heavy atom. The molecule has 1 atom stereocenters. The number of carbonyl (C=O) groups excluding carboxylic acids is 1. The minimum Gasteiger partial charge on any atom is -0.394 e. The molecule has 1 aliphatic heterocycles. The maximum Gasteiger partial charge on any atom is 0.317 e. The quantitative estimate of drug-likeness (QED) is 0.841. The third-order valence-corrected chi connectivity index (χ3v) is 4.79. The molecule has 1 aromatic rings. The van der Waals surface area contributed by atoms with Gasteiger partial charge in [-0.25, -0.2) is 4.79 Å². The van der Waals surface area contributed by atoms with Gasteiger partial charge in [0.05, 0.1) is 12.6 Å². The van der Waals surface area contributed by atoms with Gasteiger partial charge in [-0.05, 0) is 44.0 Å². The van der Waals surface area contributed by atoms with Crippen molar-refractivity contribution in [2.45, 2.75) is 51.7 Å². The number of likely N-dealkylation sites (N-methyl/N-ethyl adjacent to an activating group) is 1. The van der Waals surface area contributed by atoms with Crippen LogP contribution in [0.25, 0.3) is 0 Å². The number of hydrogen-bond donors (Lipinski definition) is 2. The summed E-state index contributed by atoms with van der Waals surface area (Å²) in [7, 11) is 1.70. The highest BCUT2D eigenvalue weighted by molar-refractivity contribution is 5.74. The van der Waals surface area contributed by atoms with Crippen LogP contribution in [-0.2, 0) is 13.1 Å². The Morgan fingerprint density at radius 2 is 1.92 bits per heavy atom. The lowest BCUT2D eigenvalue weighted by atomic mass is 10.1. The van der Waals surface area contributed by atoms with E-state index < -0.39 is 0 Å². The van der Waals surface area contributed by atoms with E-state index in [0.717, 1.165) is 12.1 Å². The molecule has 2 rings (SSSR count). The fourth-order valence-electron chi connectivity index (χ4n) is 3.02. The number of benzene rings is 1. The van der Waals surface area contributed by atoms with E-state index in [2.05, 4.69) is 28.4 Å². The van der Waals surface area contributed by atoms with E-state index in [1.807, 2.05) is 13.0 Å². The standard InChI is InChI=1S/C19H31N3O2/c1-16(15-23)21(2)19(24)20-13-17-8-7-9-18(12-17)14-22-10-5-3-4-6-11-22/h7-9,12,16,23H,3-6,10-11,13-15H2,1-2H3,(H,20,24). The van der Waals surface area contributed by atoms with Crippen LogP contribution in [-0.4, -0.2) is 53.7 Å². The number of rotatable bonds is 6. The number of nitrogens with zero attached hydrogens (tertiary/aromatic N) is 2. The van der Waals surface area contributed by atoms with Crippen LogP contribution in [0, 0.1) is 0 Å². The number of aliphatic hydroxyl groups excluding tert-OH is 1. The summed E-state index contributed by atoms with van der Waals surface area (Å²) in [4.78, 5) is 16.1. The summed E-state index contributed by atoms with van der Waals surface area (Å²) in [5.41, 5.74) is 2.42. The van der Waals surface area contributed by atoms with Crippen LogP contribution in [0.5, 0.6) is 0 Å². The predicted molar refractivity (Wildman–Crippen MR) is 96.7 cm³/mol. The summed E-state index contributed by atoms with van der Waals surface area (Å²) in [6.45, 7) is 5.66. The zero-order valence-corrected chi connectivity index (χ0v) is 15.0. The molecule has 1 saturated heterocycles. The van der Waals surface area contributed by atoms with Gasteiger partial charge in [-0.3, -0.25) is 4.90 Å². The van der Waals surface area contributed by atoms with Crippen LogP contribution in [0.2, 0.25) is 0 Å². The molecule has 2 N–H and O–H groups in total. The van der Waals surface area contributed by atoms with Crippen molar-refractivity contribution in [3.63, 3.8) is 0 Å². The molecule has 2 amide bonds. The highest BCUT2D eigenvalue weighted by atomic mass is 16.3. The largest absolute Gasteiger partial charge is 0.394 e. The second kappa shape index (κ2) is 9.64. The number of urea groups is 1. The average molecular weight is 333 g/mol. The Morgan fingerprint density at radius 1 is 1.25 bits per heavy atom. The van der Waals surface area contributed by atoms with Crippen molar-refractivity contribution < 1.29 is 9.90 Å². The van der Waals surface area contributed by atoms with E-state index in [-0.39, 0.29) is 18.7 Å². The average Bonchev–Trinajstić information content (AvgIpc) is 2.87. The minimum atomic E-state index is -0.181. The fourth-order valence-corrected chi connectivity index (χ4v) is 3.02. The lowest BCUT2D eigenvalue weighted by Crippen LogP contribution is -2.43. The van der Waals surface area contributed by atoms with E-state index in [1.165, 1.54) is 49.2 Å². The van der Waals surface area contributed by atoms with Crippen molar-refractivity contribution in [3.8, 4) is 0 Å². The van der Waals surface area contributed by atoms with Gasteiger partial charge in [0, 0.05) is 20.1 Å². The lowest BCUT2D eigenvalue weighted by molar-refractivity contribution is 0.157. The summed E-state index contributed by atoms with van der Waals surface area (Å²) in [5, 5.41) is 12.0. The Hall–Kier alpha value is -1.59. The third kappa shape index (κ3) is 5.80. The van der Waals surface area contributed by atoms with E-state index >= 15 is 0 Å². The summed E-state index contributed by atoms with van der Waals surface area (Å²) < 4.78 is 0. The normalized spacial score (nSPS) is 17.1. The predicted octanol–water partition coefficient (Wildman–Crippen LogP) is 2.58. The van der Waals surface area contributed by atoms with E-state index in [0.29, 0.717) is 6.54 Å². The molecule has 0 radical (unpaired) electrons. The molecule has 0 aliphatic carbocycles. The second-order valence-corrected chi connectivity index (χ2v) is 6.81. The van der Waals surface area contributed by atoms with Crippen molar-refractivity contribution in [2.24, 2.45) is 0 Å². The molecule has 1 aliphatic rings. The lowest BCUT2D eigenvalue weighted by Gasteiger charge is -2.23. The highest BCUT2D eigenvalue weighted by Gasteiger charge is 2.14. The van der Waals surface area contributed by atoms with Crippen LogP contribution in [0.15, 0.2) is 24.3 Å². The van der Waals surface area contributed by atoms with Crippen LogP contribution in [0.4, 0.5) is 4.79 Å². The van der Waals surface area contributed by atoms with Gasteiger partial charge in [0.1, 0.15) is 0 Å². The van der Waals surface area contributed by atoms with Gasteiger partial charge in [0.2, 0.25) is 0 Å². The Kier molecular flexibility index (Phi) is 7.53. The van der Waals surface area contributed by atoms with Crippen molar-refractivity contribution in [3.05, 3.63) is 35.4 Å². The molecule has 0 aromatic heterocycles. The summed E-state index contributed by atoms with van der Waals surface area (Å²) in [6.07, 6.45) is 5.29. The van der Waals surface area contributed by atoms with Gasteiger partial charge in [-0.15, -0.1) is 0 Å². The van der Waals surface area contributed by atoms with Gasteiger partial charge in [-0.2, -0.15) is 0 Å². The molecular formula is C19H31N3O2. The van der Waals surface area contributed by atoms with Crippen LogP contribution < -0.4 is 5.32 Å². The van der Waals surface area contributed by atoms with Crippen LogP contribution in [0.1, 0.15) is 43.7 Å². The molecule has 0 saturated carbocycles. The third-order valence-electron chi connectivity index (χ3n) is 4.79. The maximum absolute atomic E-state index is 12.1. The number of nitrogens with one attached hydrogen (secondary N) is 1. The maximum atomic E-state index is 12.1. The monoisotopic (exact) mass is 333 g/mol. The van der Waals surface area contributed by atoms with Crippen molar-refractivity contribution in [1.29, 1.82) is 0 Å². The molecular weight excluding hydrogens is 302 g/mol. The Labute approximate surface area is 145 Å². The molecule has 0 spiro atoms. The number of carbonyl (C=O) groups is 1. The summed E-state index contributed by atoms with van der Waals surface area (Å²) >= 11 is 0. The van der Waals surface area contributed by atoms with Crippen LogP contribution >= 0.6 is 0 Å². The SMILES string of the molecule is CC(CO)N(C)C(=O)NCc1cccc(CN2CCCCCC2)c1. The first-order chi connectivity index (χ1) is 11.6. The molecule has 1 unspecified atom stereocenters. The van der Waals surface area contributed by atoms with Crippen LogP contribution in [0.3, 0.4) is 0 Å². The molecule has 5 nitrogen and oxygen atoms in total. The van der Waals surface area contributed by atoms with Gasteiger partial charge in [0.15, 0.2) is 0 Å². The molecule has 134 valence electrons. The molecule has 24 heavy (non-hydrogen) atoms. The zero-order valence-electron chi connectivity index (χ0n) is 15.0. The second-order valence-electron chi connectivity index (χ2n) is 6.81. The first kappa shape index (κ1) is 18.7. The molecule has 5 heteroatoms. The Balaban J connectivity index is 1.86. The number of aliphatic hydroxyl groups is 1. The highest BCUT2D eigenvalue weighted by Crippen LogP contribution is 2.14. The molecule has 1 aromatic carbocycles. The number of likely N-dealkylation sites (tertiary alicyclic amines) is 1. The first-order valence-corrected chi connectivity index (χ1v) is 9.02. The molecule has 1 heterocycles. The molecule has 0 bridgehead atoms. The topological polar surface area (TPSA) is 55.8 Å². The fraction of sp³-hybridized carbons (Fsp3) is 0.632. The van der Waals surface area contributed by atoms with Crippen molar-refractivity contribution in [1.82, 2.24) is 15.1 Å². The van der Waals surface area contributed by atoms with Gasteiger partial charge in [-0.1, -0.05) is 37.1 Å². The minimum absolute atomic E-state index is 0.0325. The van der Waals surface area contributed by atoms with Gasteiger partial charge in [0.25, 0.3) is 0 Å². The Bertz CT molecular complexity index is 513. The molecule has 1 fully saturated rings. The zero-order chi connectivity index (χ0) is 17.4. The number of hydrogen-bond acceptors (Lipinski definition) is 3. The smallest absolute Gasteiger partial charge is 0.317 e. The van der Waals surface area contributed by atoms with E-state index in [1.54, 1.807) is 7.05 Å². The van der Waals surface area contributed by atoms with Crippen molar-refractivity contribution >= 4 is 6.03 Å². The van der Waals surface area contributed by atoms with E-state index in [9.17, 15) is 4.79 Å².